The number of carbonyl (C=O) groups excluding carboxylic acids is 1. The first-order chi connectivity index (χ1) is 16.8. The van der Waals surface area contributed by atoms with Gasteiger partial charge in [-0.3, -0.25) is 19.2 Å². The third-order valence-corrected chi connectivity index (χ3v) is 6.53. The lowest BCUT2D eigenvalue weighted by atomic mass is 10.2. The maximum Gasteiger partial charge on any atom is 0.270 e. The largest absolute Gasteiger partial charge is 0.497 e. The van der Waals surface area contributed by atoms with Gasteiger partial charge in [0.2, 0.25) is 0 Å². The average Bonchev–Trinajstić information content (AvgIpc) is 2.87. The van der Waals surface area contributed by atoms with Crippen molar-refractivity contribution in [2.24, 2.45) is 5.10 Å². The van der Waals surface area contributed by atoms with Crippen LogP contribution in [0.15, 0.2) is 82.8 Å². The molecule has 182 valence electrons. The second-order valence-corrected chi connectivity index (χ2v) is 8.87. The van der Waals surface area contributed by atoms with Crippen molar-refractivity contribution in [3.8, 4) is 11.5 Å². The van der Waals surface area contributed by atoms with Crippen LogP contribution in [0.5, 0.6) is 11.5 Å². The number of hydrazone groups is 1. The highest BCUT2D eigenvalue weighted by Gasteiger charge is 2.29. The molecule has 0 saturated carbocycles. The molecular formula is C23H22N4O7S. The zero-order valence-corrected chi connectivity index (χ0v) is 19.6. The number of hydrogen-bond acceptors (Lipinski definition) is 8. The number of non-ortho nitro benzene ring substituents is 1. The van der Waals surface area contributed by atoms with Crippen molar-refractivity contribution in [3.05, 3.63) is 88.5 Å². The van der Waals surface area contributed by atoms with Gasteiger partial charge in [-0.25, -0.2) is 13.8 Å². The molecule has 1 N–H and O–H groups in total. The van der Waals surface area contributed by atoms with Crippen molar-refractivity contribution in [2.45, 2.75) is 4.90 Å². The molecule has 35 heavy (non-hydrogen) atoms. The predicted molar refractivity (Wildman–Crippen MR) is 129 cm³/mol. The van der Waals surface area contributed by atoms with E-state index in [4.69, 9.17) is 9.47 Å². The molecule has 0 aliphatic carbocycles. The number of ether oxygens (including phenoxy) is 2. The maximum absolute atomic E-state index is 13.4. The molecule has 3 rings (SSSR count). The Balaban J connectivity index is 1.90. The zero-order valence-electron chi connectivity index (χ0n) is 18.8. The number of nitro groups is 1. The van der Waals surface area contributed by atoms with E-state index < -0.39 is 27.4 Å². The highest BCUT2D eigenvalue weighted by Crippen LogP contribution is 2.35. The van der Waals surface area contributed by atoms with Gasteiger partial charge in [-0.2, -0.15) is 5.10 Å². The summed E-state index contributed by atoms with van der Waals surface area (Å²) in [5.74, 6) is -0.130. The van der Waals surface area contributed by atoms with Crippen molar-refractivity contribution >= 4 is 33.5 Å². The van der Waals surface area contributed by atoms with Gasteiger partial charge in [0.1, 0.15) is 18.0 Å². The van der Waals surface area contributed by atoms with E-state index in [1.807, 2.05) is 0 Å². The van der Waals surface area contributed by atoms with Crippen LogP contribution >= 0.6 is 0 Å². The molecule has 0 aromatic heterocycles. The van der Waals surface area contributed by atoms with Gasteiger partial charge in [0.25, 0.3) is 21.6 Å². The van der Waals surface area contributed by atoms with E-state index in [1.54, 1.807) is 30.3 Å². The molecule has 0 aliphatic rings. The van der Waals surface area contributed by atoms with E-state index in [-0.39, 0.29) is 22.0 Å². The summed E-state index contributed by atoms with van der Waals surface area (Å²) in [6.07, 6.45) is 1.22. The van der Waals surface area contributed by atoms with Crippen LogP contribution in [-0.4, -0.2) is 46.2 Å². The molecule has 0 fully saturated rings. The van der Waals surface area contributed by atoms with Crippen molar-refractivity contribution in [3.63, 3.8) is 0 Å². The summed E-state index contributed by atoms with van der Waals surface area (Å²) in [5.41, 5.74) is 2.62. The molecule has 12 heteroatoms. The fraction of sp³-hybridized carbons (Fsp3) is 0.130. The van der Waals surface area contributed by atoms with E-state index >= 15 is 0 Å². The average molecular weight is 499 g/mol. The Morgan fingerprint density at radius 2 is 1.80 bits per heavy atom. The fourth-order valence-electron chi connectivity index (χ4n) is 3.07. The Morgan fingerprint density at radius 1 is 1.06 bits per heavy atom. The normalized spacial score (nSPS) is 11.1. The molecule has 0 heterocycles. The number of nitrogens with zero attached hydrogens (tertiary/aromatic N) is 3. The number of hydrogen-bond donors (Lipinski definition) is 1. The lowest BCUT2D eigenvalue weighted by Gasteiger charge is -2.25. The van der Waals surface area contributed by atoms with Crippen molar-refractivity contribution in [2.75, 3.05) is 25.1 Å². The standard InChI is InChI=1S/C23H22N4O7S/c1-33-19-11-12-21(22(14-19)34-2)26(35(31,32)20-9-4-3-5-10-20)16-23(28)25-24-15-17-7-6-8-18(13-17)27(29)30/h3-15H,16H2,1-2H3,(H,25,28)/b24-15-. The number of sulfonamides is 1. The predicted octanol–water partition coefficient (Wildman–Crippen LogP) is 2.96. The molecule has 0 bridgehead atoms. The maximum atomic E-state index is 13.4. The second-order valence-electron chi connectivity index (χ2n) is 7.01. The quantitative estimate of drug-likeness (QED) is 0.257. The van der Waals surface area contributed by atoms with Gasteiger partial charge in [-0.15, -0.1) is 0 Å². The van der Waals surface area contributed by atoms with Gasteiger partial charge in [0.15, 0.2) is 0 Å². The van der Waals surface area contributed by atoms with Crippen molar-refractivity contribution in [1.29, 1.82) is 0 Å². The van der Waals surface area contributed by atoms with E-state index in [0.717, 1.165) is 4.31 Å². The fourth-order valence-corrected chi connectivity index (χ4v) is 4.53. The summed E-state index contributed by atoms with van der Waals surface area (Å²) in [6.45, 7) is -0.619. The van der Waals surface area contributed by atoms with Gasteiger partial charge in [0.05, 0.1) is 35.9 Å². The number of amides is 1. The highest BCUT2D eigenvalue weighted by molar-refractivity contribution is 7.92. The van der Waals surface area contributed by atoms with Gasteiger partial charge in [0, 0.05) is 23.8 Å². The van der Waals surface area contributed by atoms with E-state index in [2.05, 4.69) is 10.5 Å². The lowest BCUT2D eigenvalue weighted by molar-refractivity contribution is -0.384. The summed E-state index contributed by atoms with van der Waals surface area (Å²) in [6, 6.07) is 17.8. The topological polar surface area (TPSA) is 140 Å². The van der Waals surface area contributed by atoms with Crippen molar-refractivity contribution < 1.29 is 27.6 Å². The van der Waals surface area contributed by atoms with E-state index in [9.17, 15) is 23.3 Å². The zero-order chi connectivity index (χ0) is 25.4. The summed E-state index contributed by atoms with van der Waals surface area (Å²) >= 11 is 0. The highest BCUT2D eigenvalue weighted by atomic mass is 32.2. The van der Waals surface area contributed by atoms with E-state index in [0.29, 0.717) is 11.3 Å². The monoisotopic (exact) mass is 498 g/mol. The first-order valence-corrected chi connectivity index (χ1v) is 11.6. The molecular weight excluding hydrogens is 476 g/mol. The Bertz CT molecular complexity index is 1340. The first kappa shape index (κ1) is 25.2. The number of methoxy groups -OCH3 is 2. The molecule has 3 aromatic rings. The number of carbonyl (C=O) groups is 1. The molecule has 1 amide bonds. The van der Waals surface area contributed by atoms with Gasteiger partial charge in [-0.1, -0.05) is 30.3 Å². The van der Waals surface area contributed by atoms with Crippen LogP contribution in [0.4, 0.5) is 11.4 Å². The summed E-state index contributed by atoms with van der Waals surface area (Å²) in [4.78, 5) is 23.0. The van der Waals surface area contributed by atoms with Crippen LogP contribution in [0, 0.1) is 10.1 Å². The number of nitrogens with one attached hydrogen (secondary N) is 1. The minimum Gasteiger partial charge on any atom is -0.497 e. The number of rotatable bonds is 10. The first-order valence-electron chi connectivity index (χ1n) is 10.1. The van der Waals surface area contributed by atoms with Crippen LogP contribution in [0.2, 0.25) is 0 Å². The van der Waals surface area contributed by atoms with Gasteiger partial charge >= 0.3 is 0 Å². The minimum absolute atomic E-state index is 0.0224. The summed E-state index contributed by atoms with van der Waals surface area (Å²) in [7, 11) is -1.34. The smallest absolute Gasteiger partial charge is 0.270 e. The van der Waals surface area contributed by atoms with Crippen LogP contribution in [0.3, 0.4) is 0 Å². The van der Waals surface area contributed by atoms with Crippen LogP contribution in [-0.2, 0) is 14.8 Å². The van der Waals surface area contributed by atoms with E-state index in [1.165, 1.54) is 62.9 Å². The lowest BCUT2D eigenvalue weighted by Crippen LogP contribution is -2.39. The second kappa shape index (κ2) is 11.1. The molecule has 0 spiro atoms. The molecule has 3 aromatic carbocycles. The third kappa shape index (κ3) is 6.12. The van der Waals surface area contributed by atoms with Crippen LogP contribution in [0.1, 0.15) is 5.56 Å². The summed E-state index contributed by atoms with van der Waals surface area (Å²) in [5, 5.41) is 14.7. The van der Waals surface area contributed by atoms with Crippen LogP contribution < -0.4 is 19.2 Å². The molecule has 11 nitrogen and oxygen atoms in total. The Labute approximate surface area is 201 Å². The summed E-state index contributed by atoms with van der Waals surface area (Å²) < 4.78 is 38.3. The third-order valence-electron chi connectivity index (χ3n) is 4.76. The minimum atomic E-state index is -4.17. The molecule has 0 aliphatic heterocycles. The Kier molecular flexibility index (Phi) is 8.00. The number of anilines is 1. The SMILES string of the molecule is COc1ccc(N(CC(=O)N/N=C\c2cccc([N+](=O)[O-])c2)S(=O)(=O)c2ccccc2)c(OC)c1. The van der Waals surface area contributed by atoms with Gasteiger partial charge < -0.3 is 9.47 Å². The molecule has 0 saturated heterocycles. The molecule has 0 atom stereocenters. The molecule has 0 unspecified atom stereocenters. The Hall–Kier alpha value is -4.45. The van der Waals surface area contributed by atoms with Crippen molar-refractivity contribution in [1.82, 2.24) is 5.43 Å². The Morgan fingerprint density at radius 3 is 2.46 bits per heavy atom. The van der Waals surface area contributed by atoms with Gasteiger partial charge in [-0.05, 0) is 24.3 Å². The van der Waals surface area contributed by atoms with Crippen LogP contribution in [0.25, 0.3) is 0 Å². The number of benzene rings is 3. The molecule has 0 radical (unpaired) electrons. The number of nitro benzene ring substituents is 1.